The Kier molecular flexibility index (Phi) is 5.61. The molecule has 0 spiro atoms. The van der Waals surface area contributed by atoms with E-state index in [1.54, 1.807) is 36.7 Å². The zero-order valence-corrected chi connectivity index (χ0v) is 17.5. The molecular formula is C23H22N6O2. The molecule has 2 aromatic heterocycles. The van der Waals surface area contributed by atoms with E-state index in [4.69, 9.17) is 4.74 Å². The van der Waals surface area contributed by atoms with Crippen LogP contribution < -0.4 is 15.4 Å². The third kappa shape index (κ3) is 4.87. The van der Waals surface area contributed by atoms with Crippen LogP contribution >= 0.6 is 0 Å². The second-order valence-corrected chi connectivity index (χ2v) is 7.09. The van der Waals surface area contributed by atoms with Crippen molar-refractivity contribution in [1.82, 2.24) is 19.7 Å². The van der Waals surface area contributed by atoms with Crippen molar-refractivity contribution in [2.45, 2.75) is 20.8 Å². The van der Waals surface area contributed by atoms with Crippen molar-refractivity contribution in [3.63, 3.8) is 0 Å². The van der Waals surface area contributed by atoms with Gasteiger partial charge in [0.2, 0.25) is 5.88 Å². The smallest absolute Gasteiger partial charge is 0.323 e. The van der Waals surface area contributed by atoms with E-state index >= 15 is 0 Å². The molecule has 0 saturated heterocycles. The van der Waals surface area contributed by atoms with E-state index in [-0.39, 0.29) is 6.03 Å². The SMILES string of the molecule is Cc1ccc(NC(=O)Nc2ccc(Oc3ccc(-n4cnc(C)c4C)nn3)cc2)cc1. The van der Waals surface area contributed by atoms with Gasteiger partial charge in [0.15, 0.2) is 5.82 Å². The molecule has 31 heavy (non-hydrogen) atoms. The van der Waals surface area contributed by atoms with Crippen LogP contribution in [0.5, 0.6) is 11.6 Å². The molecule has 0 fully saturated rings. The molecule has 0 bridgehead atoms. The maximum Gasteiger partial charge on any atom is 0.323 e. The molecule has 2 heterocycles. The monoisotopic (exact) mass is 414 g/mol. The van der Waals surface area contributed by atoms with Gasteiger partial charge in [-0.2, -0.15) is 0 Å². The number of urea groups is 1. The Hall–Kier alpha value is -4.20. The molecule has 2 amide bonds. The highest BCUT2D eigenvalue weighted by Crippen LogP contribution is 2.22. The minimum Gasteiger partial charge on any atom is -0.438 e. The van der Waals surface area contributed by atoms with Gasteiger partial charge in [-0.1, -0.05) is 17.7 Å². The van der Waals surface area contributed by atoms with Crippen LogP contribution in [0.3, 0.4) is 0 Å². The maximum absolute atomic E-state index is 12.1. The van der Waals surface area contributed by atoms with Crippen LogP contribution in [0.25, 0.3) is 5.82 Å². The average molecular weight is 414 g/mol. The van der Waals surface area contributed by atoms with Crippen LogP contribution in [0.15, 0.2) is 67.0 Å². The van der Waals surface area contributed by atoms with Gasteiger partial charge in [-0.05, 0) is 63.2 Å². The summed E-state index contributed by atoms with van der Waals surface area (Å²) in [5, 5.41) is 13.9. The van der Waals surface area contributed by atoms with E-state index in [0.29, 0.717) is 23.1 Å². The number of carbonyl (C=O) groups excluding carboxylic acids is 1. The first kappa shape index (κ1) is 20.1. The predicted molar refractivity (Wildman–Crippen MR) is 119 cm³/mol. The summed E-state index contributed by atoms with van der Waals surface area (Å²) in [5.74, 6) is 1.63. The van der Waals surface area contributed by atoms with Gasteiger partial charge in [0.05, 0.1) is 5.69 Å². The summed E-state index contributed by atoms with van der Waals surface area (Å²) in [6, 6.07) is 17.8. The molecule has 0 aliphatic carbocycles. The Morgan fingerprint density at radius 3 is 2.03 bits per heavy atom. The fraction of sp³-hybridized carbons (Fsp3) is 0.130. The highest BCUT2D eigenvalue weighted by atomic mass is 16.5. The zero-order valence-electron chi connectivity index (χ0n) is 17.5. The summed E-state index contributed by atoms with van der Waals surface area (Å²) in [6.07, 6.45) is 1.72. The van der Waals surface area contributed by atoms with Crippen LogP contribution in [0.1, 0.15) is 17.0 Å². The first-order valence-electron chi connectivity index (χ1n) is 9.75. The van der Waals surface area contributed by atoms with Crippen molar-refractivity contribution >= 4 is 17.4 Å². The minimum atomic E-state index is -0.316. The van der Waals surface area contributed by atoms with E-state index in [2.05, 4.69) is 25.8 Å². The lowest BCUT2D eigenvalue weighted by Gasteiger charge is -2.09. The fourth-order valence-electron chi connectivity index (χ4n) is 2.88. The lowest BCUT2D eigenvalue weighted by Crippen LogP contribution is -2.19. The van der Waals surface area contributed by atoms with E-state index in [1.165, 1.54) is 0 Å². The van der Waals surface area contributed by atoms with E-state index in [0.717, 1.165) is 22.6 Å². The summed E-state index contributed by atoms with van der Waals surface area (Å²) in [5.41, 5.74) is 4.46. The van der Waals surface area contributed by atoms with Crippen LogP contribution in [0.2, 0.25) is 0 Å². The number of hydrogen-bond donors (Lipinski definition) is 2. The van der Waals surface area contributed by atoms with Gasteiger partial charge >= 0.3 is 6.03 Å². The van der Waals surface area contributed by atoms with Crippen molar-refractivity contribution in [2.24, 2.45) is 0 Å². The molecule has 8 nitrogen and oxygen atoms in total. The Bertz CT molecular complexity index is 1180. The Balaban J connectivity index is 1.35. The molecular weight excluding hydrogens is 392 g/mol. The van der Waals surface area contributed by atoms with Gasteiger partial charge in [-0.15, -0.1) is 10.2 Å². The van der Waals surface area contributed by atoms with Gasteiger partial charge in [-0.3, -0.25) is 4.57 Å². The summed E-state index contributed by atoms with van der Waals surface area (Å²) >= 11 is 0. The molecule has 2 N–H and O–H groups in total. The summed E-state index contributed by atoms with van der Waals surface area (Å²) < 4.78 is 7.61. The minimum absolute atomic E-state index is 0.316. The number of ether oxygens (including phenoxy) is 1. The third-order valence-electron chi connectivity index (χ3n) is 4.77. The molecule has 0 aliphatic rings. The van der Waals surface area contributed by atoms with Crippen molar-refractivity contribution in [3.8, 4) is 17.4 Å². The number of nitrogens with one attached hydrogen (secondary N) is 2. The largest absolute Gasteiger partial charge is 0.438 e. The number of nitrogens with zero attached hydrogens (tertiary/aromatic N) is 4. The molecule has 0 unspecified atom stereocenters. The number of rotatable bonds is 5. The van der Waals surface area contributed by atoms with E-state index in [1.807, 2.05) is 55.7 Å². The van der Waals surface area contributed by atoms with Crippen LogP contribution in [-0.2, 0) is 0 Å². The molecule has 4 aromatic rings. The molecule has 2 aromatic carbocycles. The lowest BCUT2D eigenvalue weighted by atomic mass is 10.2. The predicted octanol–water partition coefficient (Wildman–Crippen LogP) is 5.02. The molecule has 4 rings (SSSR count). The van der Waals surface area contributed by atoms with Crippen molar-refractivity contribution < 1.29 is 9.53 Å². The van der Waals surface area contributed by atoms with Gasteiger partial charge in [0.25, 0.3) is 0 Å². The number of aryl methyl sites for hydroxylation is 2. The van der Waals surface area contributed by atoms with Gasteiger partial charge in [0, 0.05) is 23.1 Å². The van der Waals surface area contributed by atoms with Crippen molar-refractivity contribution in [2.75, 3.05) is 10.6 Å². The molecule has 0 aliphatic heterocycles. The molecule has 0 saturated carbocycles. The number of carbonyl (C=O) groups is 1. The van der Waals surface area contributed by atoms with Gasteiger partial charge in [-0.25, -0.2) is 9.78 Å². The normalized spacial score (nSPS) is 10.5. The lowest BCUT2D eigenvalue weighted by molar-refractivity contribution is 0.262. The number of hydrogen-bond acceptors (Lipinski definition) is 5. The number of aromatic nitrogens is 4. The Labute approximate surface area is 179 Å². The van der Waals surface area contributed by atoms with Crippen molar-refractivity contribution in [3.05, 3.63) is 83.9 Å². The van der Waals surface area contributed by atoms with E-state index in [9.17, 15) is 4.79 Å². The molecule has 156 valence electrons. The summed E-state index contributed by atoms with van der Waals surface area (Å²) in [6.45, 7) is 5.92. The topological polar surface area (TPSA) is 94.0 Å². The fourth-order valence-corrected chi connectivity index (χ4v) is 2.88. The maximum atomic E-state index is 12.1. The molecule has 8 heteroatoms. The number of imidazole rings is 1. The van der Waals surface area contributed by atoms with Crippen LogP contribution in [-0.4, -0.2) is 25.8 Å². The third-order valence-corrected chi connectivity index (χ3v) is 4.77. The number of amides is 2. The number of anilines is 2. The standard InChI is InChI=1S/C23H22N6O2/c1-15-4-6-18(7-5-15)25-23(30)26-19-8-10-20(11-9-19)31-22-13-12-21(27-28-22)29-14-24-16(2)17(29)3/h4-14H,1-3H3,(H2,25,26,30). The van der Waals surface area contributed by atoms with Gasteiger partial charge in [0.1, 0.15) is 12.1 Å². The second kappa shape index (κ2) is 8.66. The van der Waals surface area contributed by atoms with Crippen molar-refractivity contribution in [1.29, 1.82) is 0 Å². The first-order valence-corrected chi connectivity index (χ1v) is 9.75. The quantitative estimate of drug-likeness (QED) is 0.478. The first-order chi connectivity index (χ1) is 15.0. The zero-order chi connectivity index (χ0) is 21.8. The Morgan fingerprint density at radius 2 is 1.48 bits per heavy atom. The van der Waals surface area contributed by atoms with Crippen LogP contribution in [0.4, 0.5) is 16.2 Å². The average Bonchev–Trinajstić information content (AvgIpc) is 3.10. The Morgan fingerprint density at radius 1 is 0.839 bits per heavy atom. The molecule has 0 radical (unpaired) electrons. The number of benzene rings is 2. The summed E-state index contributed by atoms with van der Waals surface area (Å²) in [4.78, 5) is 16.4. The second-order valence-electron chi connectivity index (χ2n) is 7.09. The summed E-state index contributed by atoms with van der Waals surface area (Å²) in [7, 11) is 0. The van der Waals surface area contributed by atoms with Gasteiger partial charge < -0.3 is 15.4 Å². The molecule has 0 atom stereocenters. The van der Waals surface area contributed by atoms with Crippen LogP contribution in [0, 0.1) is 20.8 Å². The highest BCUT2D eigenvalue weighted by molar-refractivity contribution is 5.99. The highest BCUT2D eigenvalue weighted by Gasteiger charge is 2.08. The van der Waals surface area contributed by atoms with E-state index < -0.39 is 0 Å².